The Morgan fingerprint density at radius 3 is 2.07 bits per heavy atom. The minimum absolute atomic E-state index is 0.506. The lowest BCUT2D eigenvalue weighted by atomic mass is 10.1. The molecule has 0 aromatic carbocycles. The second kappa shape index (κ2) is 4.59. The van der Waals surface area contributed by atoms with E-state index in [1.54, 1.807) is 6.92 Å². The van der Waals surface area contributed by atoms with Crippen LogP contribution in [0.1, 0.15) is 20.8 Å². The highest BCUT2D eigenvalue weighted by Crippen LogP contribution is 2.25. The molecule has 1 aliphatic rings. The van der Waals surface area contributed by atoms with E-state index in [2.05, 4.69) is 0 Å². The van der Waals surface area contributed by atoms with Gasteiger partial charge in [-0.1, -0.05) is 0 Å². The van der Waals surface area contributed by atoms with E-state index in [1.165, 1.54) is 13.8 Å². The second-order valence-corrected chi connectivity index (χ2v) is 3.38. The Morgan fingerprint density at radius 1 is 1.13 bits per heavy atom. The number of carbonyl (C=O) groups excluding carboxylic acids is 2. The molecule has 1 saturated heterocycles. The molecule has 1 fully saturated rings. The van der Waals surface area contributed by atoms with Crippen molar-refractivity contribution in [2.75, 3.05) is 0 Å². The van der Waals surface area contributed by atoms with Crippen LogP contribution in [0.2, 0.25) is 0 Å². The molecule has 4 atom stereocenters. The molecule has 0 amide bonds. The van der Waals surface area contributed by atoms with Crippen LogP contribution in [0.4, 0.5) is 0 Å². The van der Waals surface area contributed by atoms with Gasteiger partial charge in [0.05, 0.1) is 6.10 Å². The minimum atomic E-state index is -1.26. The molecule has 4 unspecified atom stereocenters. The Kier molecular flexibility index (Phi) is 3.65. The number of rotatable bonds is 2. The number of carbonyl (C=O) groups is 2. The van der Waals surface area contributed by atoms with Crippen molar-refractivity contribution in [3.05, 3.63) is 0 Å². The van der Waals surface area contributed by atoms with Crippen molar-refractivity contribution in [2.24, 2.45) is 0 Å². The molecule has 0 spiro atoms. The summed E-state index contributed by atoms with van der Waals surface area (Å²) in [6.45, 7) is 4.07. The van der Waals surface area contributed by atoms with Crippen molar-refractivity contribution in [1.29, 1.82) is 0 Å². The zero-order chi connectivity index (χ0) is 11.6. The Morgan fingerprint density at radius 2 is 1.60 bits per heavy atom. The van der Waals surface area contributed by atoms with Gasteiger partial charge in [-0.25, -0.2) is 0 Å². The molecule has 15 heavy (non-hydrogen) atoms. The molecule has 6 heteroatoms. The molecule has 0 saturated carbocycles. The molecular formula is C9H14O6. The van der Waals surface area contributed by atoms with E-state index in [0.717, 1.165) is 0 Å². The molecule has 86 valence electrons. The smallest absolute Gasteiger partial charge is 0.303 e. The summed E-state index contributed by atoms with van der Waals surface area (Å²) in [5.41, 5.74) is 0. The van der Waals surface area contributed by atoms with Crippen molar-refractivity contribution < 1.29 is 28.9 Å². The van der Waals surface area contributed by atoms with Crippen molar-refractivity contribution in [3.63, 3.8) is 0 Å². The van der Waals surface area contributed by atoms with E-state index in [1.807, 2.05) is 0 Å². The van der Waals surface area contributed by atoms with E-state index in [4.69, 9.17) is 14.2 Å². The molecule has 1 heterocycles. The Hall–Kier alpha value is -1.14. The van der Waals surface area contributed by atoms with Crippen molar-refractivity contribution in [2.45, 2.75) is 45.4 Å². The van der Waals surface area contributed by atoms with Gasteiger partial charge in [-0.15, -0.1) is 0 Å². The SMILES string of the molecule is CC(=O)OC1C(C)OC(O)C1OC(C)=O. The third kappa shape index (κ3) is 2.90. The third-order valence-electron chi connectivity index (χ3n) is 2.03. The molecule has 0 radical (unpaired) electrons. The normalized spacial score (nSPS) is 34.9. The van der Waals surface area contributed by atoms with Crippen LogP contribution in [0.25, 0.3) is 0 Å². The Balaban J connectivity index is 2.70. The van der Waals surface area contributed by atoms with Crippen molar-refractivity contribution in [3.8, 4) is 0 Å². The summed E-state index contributed by atoms with van der Waals surface area (Å²) in [4.78, 5) is 21.5. The maximum Gasteiger partial charge on any atom is 0.303 e. The maximum atomic E-state index is 10.8. The van der Waals surface area contributed by atoms with E-state index in [-0.39, 0.29) is 0 Å². The summed E-state index contributed by atoms with van der Waals surface area (Å²) in [6.07, 6.45) is -3.48. The highest BCUT2D eigenvalue weighted by Gasteiger charge is 2.46. The third-order valence-corrected chi connectivity index (χ3v) is 2.03. The van der Waals surface area contributed by atoms with Crippen LogP contribution < -0.4 is 0 Å². The molecule has 0 aliphatic carbocycles. The highest BCUT2D eigenvalue weighted by atomic mass is 16.7. The average molecular weight is 218 g/mol. The van der Waals surface area contributed by atoms with E-state index >= 15 is 0 Å². The molecule has 1 aliphatic heterocycles. The fourth-order valence-corrected chi connectivity index (χ4v) is 1.48. The first kappa shape index (κ1) is 11.9. The molecule has 0 aromatic heterocycles. The first-order valence-electron chi connectivity index (χ1n) is 4.59. The topological polar surface area (TPSA) is 82.1 Å². The van der Waals surface area contributed by atoms with Crippen LogP contribution in [-0.2, 0) is 23.8 Å². The predicted molar refractivity (Wildman–Crippen MR) is 47.7 cm³/mol. The molecule has 6 nitrogen and oxygen atoms in total. The van der Waals surface area contributed by atoms with Gasteiger partial charge < -0.3 is 19.3 Å². The van der Waals surface area contributed by atoms with Crippen LogP contribution >= 0.6 is 0 Å². The lowest BCUT2D eigenvalue weighted by Gasteiger charge is -2.20. The van der Waals surface area contributed by atoms with Crippen molar-refractivity contribution >= 4 is 11.9 Å². The van der Waals surface area contributed by atoms with Crippen LogP contribution in [0.3, 0.4) is 0 Å². The van der Waals surface area contributed by atoms with Gasteiger partial charge in [0.25, 0.3) is 0 Å². The number of aliphatic hydroxyl groups is 1. The second-order valence-electron chi connectivity index (χ2n) is 3.38. The van der Waals surface area contributed by atoms with Gasteiger partial charge in [-0.3, -0.25) is 9.59 Å². The summed E-state index contributed by atoms with van der Waals surface area (Å²) < 4.78 is 14.7. The molecular weight excluding hydrogens is 204 g/mol. The monoisotopic (exact) mass is 218 g/mol. The maximum absolute atomic E-state index is 10.8. The zero-order valence-electron chi connectivity index (χ0n) is 8.80. The van der Waals surface area contributed by atoms with Gasteiger partial charge in [-0.2, -0.15) is 0 Å². The summed E-state index contributed by atoms with van der Waals surface area (Å²) >= 11 is 0. The standard InChI is InChI=1S/C9H14O6/c1-4-7(14-5(2)10)8(9(12)13-4)15-6(3)11/h4,7-9,12H,1-3H3. The lowest BCUT2D eigenvalue weighted by Crippen LogP contribution is -2.39. The number of hydrogen-bond acceptors (Lipinski definition) is 6. The highest BCUT2D eigenvalue weighted by molar-refractivity contribution is 5.67. The van der Waals surface area contributed by atoms with Crippen LogP contribution in [0.15, 0.2) is 0 Å². The van der Waals surface area contributed by atoms with Gasteiger partial charge in [0, 0.05) is 13.8 Å². The fourth-order valence-electron chi connectivity index (χ4n) is 1.48. The Labute approximate surface area is 87.1 Å². The molecule has 1 rings (SSSR count). The van der Waals surface area contributed by atoms with Gasteiger partial charge >= 0.3 is 11.9 Å². The summed E-state index contributed by atoms with van der Waals surface area (Å²) in [5.74, 6) is -1.07. The molecule has 1 N–H and O–H groups in total. The quantitative estimate of drug-likeness (QED) is 0.634. The summed E-state index contributed by atoms with van der Waals surface area (Å²) in [7, 11) is 0. The first-order chi connectivity index (χ1) is 6.91. The number of ether oxygens (including phenoxy) is 3. The van der Waals surface area contributed by atoms with Crippen LogP contribution in [0.5, 0.6) is 0 Å². The fraction of sp³-hybridized carbons (Fsp3) is 0.778. The average Bonchev–Trinajstić information content (AvgIpc) is 2.30. The Bertz CT molecular complexity index is 237. The number of hydrogen-bond donors (Lipinski definition) is 1. The molecule has 0 bridgehead atoms. The van der Waals surface area contributed by atoms with Gasteiger partial charge in [0.2, 0.25) is 0 Å². The van der Waals surface area contributed by atoms with E-state index in [0.29, 0.717) is 0 Å². The van der Waals surface area contributed by atoms with Gasteiger partial charge in [0.1, 0.15) is 0 Å². The number of esters is 2. The van der Waals surface area contributed by atoms with Crippen molar-refractivity contribution in [1.82, 2.24) is 0 Å². The summed E-state index contributed by atoms with van der Waals surface area (Å²) in [5, 5.41) is 9.40. The molecule has 0 aromatic rings. The first-order valence-corrected chi connectivity index (χ1v) is 4.59. The van der Waals surface area contributed by atoms with E-state index < -0.39 is 36.5 Å². The number of aliphatic hydroxyl groups excluding tert-OH is 1. The largest absolute Gasteiger partial charge is 0.456 e. The van der Waals surface area contributed by atoms with Crippen LogP contribution in [0, 0.1) is 0 Å². The van der Waals surface area contributed by atoms with Gasteiger partial charge in [0.15, 0.2) is 18.5 Å². The lowest BCUT2D eigenvalue weighted by molar-refractivity contribution is -0.174. The zero-order valence-corrected chi connectivity index (χ0v) is 8.80. The minimum Gasteiger partial charge on any atom is -0.456 e. The van der Waals surface area contributed by atoms with E-state index in [9.17, 15) is 14.7 Å². The van der Waals surface area contributed by atoms with Crippen LogP contribution in [-0.4, -0.2) is 41.6 Å². The summed E-state index contributed by atoms with van der Waals surface area (Å²) in [6, 6.07) is 0. The van der Waals surface area contributed by atoms with Gasteiger partial charge in [-0.05, 0) is 6.92 Å². The predicted octanol–water partition coefficient (Wildman–Crippen LogP) is -0.413.